The minimum atomic E-state index is -0.900. The monoisotopic (exact) mass is 290 g/mol. The average molecular weight is 290 g/mol. The molecule has 1 aliphatic heterocycles. The molecule has 2 rings (SSSR count). The van der Waals surface area contributed by atoms with Crippen LogP contribution in [0.4, 0.5) is 0 Å². The Morgan fingerprint density at radius 2 is 2.14 bits per heavy atom. The lowest BCUT2D eigenvalue weighted by Crippen LogP contribution is -2.45. The van der Waals surface area contributed by atoms with Crippen LogP contribution < -0.4 is 5.32 Å². The number of hydrogen-bond acceptors (Lipinski definition) is 3. The Hall–Kier alpha value is -1.88. The van der Waals surface area contributed by atoms with Crippen LogP contribution in [0.25, 0.3) is 0 Å². The predicted octanol–water partition coefficient (Wildman–Crippen LogP) is 1.59. The fraction of sp³-hybridized carbons (Fsp3) is 0.500. The highest BCUT2D eigenvalue weighted by Gasteiger charge is 2.33. The number of carbonyl (C=O) groups is 2. The van der Waals surface area contributed by atoms with E-state index >= 15 is 0 Å². The number of carbonyl (C=O) groups excluding carboxylic acids is 1. The number of nitrogens with one attached hydrogen (secondary N) is 1. The van der Waals surface area contributed by atoms with E-state index in [2.05, 4.69) is 12.2 Å². The van der Waals surface area contributed by atoms with E-state index in [1.165, 1.54) is 0 Å². The van der Waals surface area contributed by atoms with Crippen molar-refractivity contribution in [2.45, 2.75) is 32.2 Å². The van der Waals surface area contributed by atoms with Crippen molar-refractivity contribution in [2.24, 2.45) is 0 Å². The Bertz CT molecular complexity index is 516. The van der Waals surface area contributed by atoms with Gasteiger partial charge >= 0.3 is 5.97 Å². The Morgan fingerprint density at radius 3 is 2.86 bits per heavy atom. The van der Waals surface area contributed by atoms with Gasteiger partial charge in [0, 0.05) is 13.1 Å². The molecule has 1 heterocycles. The van der Waals surface area contributed by atoms with E-state index in [0.717, 1.165) is 30.4 Å². The van der Waals surface area contributed by atoms with Crippen LogP contribution in [0.3, 0.4) is 0 Å². The van der Waals surface area contributed by atoms with Crippen molar-refractivity contribution in [1.82, 2.24) is 10.2 Å². The highest BCUT2D eigenvalue weighted by atomic mass is 16.4. The zero-order chi connectivity index (χ0) is 15.2. The number of fused-ring (bicyclic) bond motifs is 1. The summed E-state index contributed by atoms with van der Waals surface area (Å²) in [6.07, 6.45) is 2.74. The molecule has 0 aromatic heterocycles. The third-order valence-corrected chi connectivity index (χ3v) is 3.82. The molecule has 0 spiro atoms. The van der Waals surface area contributed by atoms with Crippen molar-refractivity contribution in [3.8, 4) is 0 Å². The molecule has 1 atom stereocenters. The summed E-state index contributed by atoms with van der Waals surface area (Å²) in [5.74, 6) is -1.00. The van der Waals surface area contributed by atoms with Gasteiger partial charge in [0.15, 0.2) is 0 Å². The highest BCUT2D eigenvalue weighted by molar-refractivity contribution is 5.81. The first-order valence-corrected chi connectivity index (χ1v) is 7.44. The standard InChI is InChI=1S/C16H22N2O3/c1-2-3-9-17-14(19)11-18-10-8-12-6-4-5-7-13(12)15(18)16(20)21/h4-7,15H,2-3,8-11H2,1H3,(H,17,19)(H,20,21). The van der Waals surface area contributed by atoms with Crippen molar-refractivity contribution in [3.05, 3.63) is 35.4 Å². The minimum Gasteiger partial charge on any atom is -0.480 e. The van der Waals surface area contributed by atoms with Crippen molar-refractivity contribution < 1.29 is 14.7 Å². The molecule has 0 fully saturated rings. The summed E-state index contributed by atoms with van der Waals surface area (Å²) >= 11 is 0. The van der Waals surface area contributed by atoms with Crippen molar-refractivity contribution in [3.63, 3.8) is 0 Å². The van der Waals surface area contributed by atoms with Gasteiger partial charge in [-0.05, 0) is 24.0 Å². The van der Waals surface area contributed by atoms with E-state index in [9.17, 15) is 14.7 Å². The first-order chi connectivity index (χ1) is 10.1. The van der Waals surface area contributed by atoms with Crippen LogP contribution >= 0.6 is 0 Å². The average Bonchev–Trinajstić information content (AvgIpc) is 2.47. The molecule has 0 aliphatic carbocycles. The number of aliphatic carboxylic acids is 1. The molecule has 1 aromatic carbocycles. The van der Waals surface area contributed by atoms with Crippen molar-refractivity contribution in [2.75, 3.05) is 19.6 Å². The zero-order valence-electron chi connectivity index (χ0n) is 12.3. The molecule has 0 saturated carbocycles. The molecule has 114 valence electrons. The third kappa shape index (κ3) is 3.82. The van der Waals surface area contributed by atoms with Crippen LogP contribution in [0.1, 0.15) is 36.9 Å². The van der Waals surface area contributed by atoms with E-state index in [-0.39, 0.29) is 12.5 Å². The van der Waals surface area contributed by atoms with E-state index in [0.29, 0.717) is 13.1 Å². The summed E-state index contributed by atoms with van der Waals surface area (Å²) in [5, 5.41) is 12.3. The quantitative estimate of drug-likeness (QED) is 0.781. The largest absolute Gasteiger partial charge is 0.480 e. The molecule has 5 nitrogen and oxygen atoms in total. The van der Waals surface area contributed by atoms with Crippen LogP contribution in [-0.2, 0) is 16.0 Å². The second-order valence-electron chi connectivity index (χ2n) is 5.36. The second-order valence-corrected chi connectivity index (χ2v) is 5.36. The zero-order valence-corrected chi connectivity index (χ0v) is 12.3. The van der Waals surface area contributed by atoms with E-state index < -0.39 is 12.0 Å². The number of carboxylic acids is 1. The van der Waals surface area contributed by atoms with Crippen LogP contribution in [0.2, 0.25) is 0 Å². The summed E-state index contributed by atoms with van der Waals surface area (Å²) in [5.41, 5.74) is 1.87. The van der Waals surface area contributed by atoms with Crippen LogP contribution in [0.15, 0.2) is 24.3 Å². The molecule has 0 saturated heterocycles. The van der Waals surface area contributed by atoms with E-state index in [4.69, 9.17) is 0 Å². The lowest BCUT2D eigenvalue weighted by Gasteiger charge is -2.34. The molecule has 0 radical (unpaired) electrons. The van der Waals surface area contributed by atoms with Gasteiger partial charge in [0.05, 0.1) is 6.54 Å². The highest BCUT2D eigenvalue weighted by Crippen LogP contribution is 2.29. The first kappa shape index (κ1) is 15.5. The number of amides is 1. The number of benzene rings is 1. The Morgan fingerprint density at radius 1 is 1.38 bits per heavy atom. The molecule has 21 heavy (non-hydrogen) atoms. The molecule has 5 heteroatoms. The maximum atomic E-state index is 11.9. The lowest BCUT2D eigenvalue weighted by molar-refractivity contribution is -0.144. The fourth-order valence-electron chi connectivity index (χ4n) is 2.72. The SMILES string of the molecule is CCCCNC(=O)CN1CCc2ccccc2C1C(=O)O. The Kier molecular flexibility index (Phi) is 5.33. The van der Waals surface area contributed by atoms with Crippen LogP contribution in [0, 0.1) is 0 Å². The molecule has 0 bridgehead atoms. The fourth-order valence-corrected chi connectivity index (χ4v) is 2.72. The van der Waals surface area contributed by atoms with Gasteiger partial charge in [-0.1, -0.05) is 37.6 Å². The maximum absolute atomic E-state index is 11.9. The second kappa shape index (κ2) is 7.22. The van der Waals surface area contributed by atoms with Gasteiger partial charge in [-0.3, -0.25) is 14.5 Å². The predicted molar refractivity (Wildman–Crippen MR) is 80.0 cm³/mol. The topological polar surface area (TPSA) is 69.6 Å². The summed E-state index contributed by atoms with van der Waals surface area (Å²) in [6, 6.07) is 6.84. The van der Waals surface area contributed by atoms with E-state index in [1.54, 1.807) is 4.90 Å². The lowest BCUT2D eigenvalue weighted by atomic mass is 9.92. The molecular weight excluding hydrogens is 268 g/mol. The number of unbranched alkanes of at least 4 members (excludes halogenated alkanes) is 1. The maximum Gasteiger partial charge on any atom is 0.325 e. The number of carboxylic acid groups (broad SMARTS) is 1. The van der Waals surface area contributed by atoms with Gasteiger partial charge < -0.3 is 10.4 Å². The van der Waals surface area contributed by atoms with E-state index in [1.807, 2.05) is 24.3 Å². The number of rotatable bonds is 6. The van der Waals surface area contributed by atoms with Crippen LogP contribution in [0.5, 0.6) is 0 Å². The molecule has 1 unspecified atom stereocenters. The van der Waals surface area contributed by atoms with Gasteiger partial charge in [-0.2, -0.15) is 0 Å². The van der Waals surface area contributed by atoms with Crippen molar-refractivity contribution >= 4 is 11.9 Å². The third-order valence-electron chi connectivity index (χ3n) is 3.82. The smallest absolute Gasteiger partial charge is 0.325 e. The van der Waals surface area contributed by atoms with Gasteiger partial charge in [0.2, 0.25) is 5.91 Å². The van der Waals surface area contributed by atoms with Gasteiger partial charge in [-0.15, -0.1) is 0 Å². The molecule has 1 aromatic rings. The molecule has 1 amide bonds. The number of nitrogens with zero attached hydrogens (tertiary/aromatic N) is 1. The Balaban J connectivity index is 2.06. The summed E-state index contributed by atoms with van der Waals surface area (Å²) < 4.78 is 0. The van der Waals surface area contributed by atoms with Gasteiger partial charge in [0.1, 0.15) is 6.04 Å². The minimum absolute atomic E-state index is 0.103. The molecule has 2 N–H and O–H groups in total. The van der Waals surface area contributed by atoms with Crippen molar-refractivity contribution in [1.29, 1.82) is 0 Å². The summed E-state index contributed by atoms with van der Waals surface area (Å²) in [4.78, 5) is 25.3. The molecule has 1 aliphatic rings. The van der Waals surface area contributed by atoms with Gasteiger partial charge in [0.25, 0.3) is 0 Å². The normalized spacial score (nSPS) is 18.0. The van der Waals surface area contributed by atoms with Gasteiger partial charge in [-0.25, -0.2) is 0 Å². The summed E-state index contributed by atoms with van der Waals surface area (Å²) in [7, 11) is 0. The molecular formula is C16H22N2O3. The number of hydrogen-bond donors (Lipinski definition) is 2. The first-order valence-electron chi connectivity index (χ1n) is 7.44. The summed E-state index contributed by atoms with van der Waals surface area (Å²) in [6.45, 7) is 3.44. The Labute approximate surface area is 125 Å². The van der Waals surface area contributed by atoms with Crippen LogP contribution in [-0.4, -0.2) is 41.5 Å².